The second-order valence-corrected chi connectivity index (χ2v) is 6.24. The molecule has 26 heavy (non-hydrogen) atoms. The Morgan fingerprint density at radius 2 is 1.85 bits per heavy atom. The molecule has 0 saturated heterocycles. The molecule has 136 valence electrons. The molecule has 0 saturated carbocycles. The van der Waals surface area contributed by atoms with Gasteiger partial charge in [0, 0.05) is 11.1 Å². The summed E-state index contributed by atoms with van der Waals surface area (Å²) < 4.78 is 54.2. The van der Waals surface area contributed by atoms with Gasteiger partial charge in [-0.3, -0.25) is 0 Å². The SMILES string of the molecule is FC(F)(F)c1c(CCCOc2ccccc2)n2c3c(cccc13)OCC2. The third-order valence-corrected chi connectivity index (χ3v) is 4.58. The minimum atomic E-state index is -4.40. The fourth-order valence-electron chi connectivity index (χ4n) is 3.56. The predicted octanol–water partition coefficient (Wildman–Crippen LogP) is 5.06. The lowest BCUT2D eigenvalue weighted by Gasteiger charge is -2.19. The van der Waals surface area contributed by atoms with E-state index in [1.807, 2.05) is 30.3 Å². The summed E-state index contributed by atoms with van der Waals surface area (Å²) in [5, 5.41) is 0.216. The maximum absolute atomic E-state index is 13.8. The Kier molecular flexibility index (Phi) is 4.26. The van der Waals surface area contributed by atoms with Gasteiger partial charge in [-0.25, -0.2) is 0 Å². The summed E-state index contributed by atoms with van der Waals surface area (Å²) in [6.07, 6.45) is -3.59. The number of aromatic nitrogens is 1. The predicted molar refractivity (Wildman–Crippen MR) is 92.7 cm³/mol. The fraction of sp³-hybridized carbons (Fsp3) is 0.300. The summed E-state index contributed by atoms with van der Waals surface area (Å²) in [6.45, 7) is 1.18. The molecule has 2 heterocycles. The molecule has 1 aliphatic rings. The first kappa shape index (κ1) is 16.8. The van der Waals surface area contributed by atoms with Crippen LogP contribution in [0.3, 0.4) is 0 Å². The molecule has 0 spiro atoms. The topological polar surface area (TPSA) is 23.4 Å². The number of alkyl halides is 3. The lowest BCUT2D eigenvalue weighted by Crippen LogP contribution is -2.18. The average molecular weight is 361 g/mol. The maximum atomic E-state index is 13.8. The van der Waals surface area contributed by atoms with Crippen molar-refractivity contribution < 1.29 is 22.6 Å². The standard InChI is InChI=1S/C20H18F3NO2/c21-20(22,23)18-15-8-4-10-17-19(15)24(11-13-26-17)16(18)9-5-12-25-14-6-2-1-3-7-14/h1-4,6-8,10H,5,9,11-13H2. The Hall–Kier alpha value is -2.63. The zero-order chi connectivity index (χ0) is 18.1. The Bertz CT molecular complexity index is 916. The number of nitrogens with zero attached hydrogens (tertiary/aromatic N) is 1. The van der Waals surface area contributed by atoms with Crippen molar-refractivity contribution >= 4 is 10.9 Å². The van der Waals surface area contributed by atoms with Crippen LogP contribution in [0.2, 0.25) is 0 Å². The third kappa shape index (κ3) is 3.00. The number of hydrogen-bond acceptors (Lipinski definition) is 2. The van der Waals surface area contributed by atoms with Crippen LogP contribution in [0.25, 0.3) is 10.9 Å². The maximum Gasteiger partial charge on any atom is 0.418 e. The van der Waals surface area contributed by atoms with E-state index in [1.54, 1.807) is 16.7 Å². The minimum absolute atomic E-state index is 0.216. The first-order chi connectivity index (χ1) is 12.6. The van der Waals surface area contributed by atoms with Gasteiger partial charge < -0.3 is 14.0 Å². The van der Waals surface area contributed by atoms with Crippen molar-refractivity contribution in [2.45, 2.75) is 25.6 Å². The van der Waals surface area contributed by atoms with Crippen LogP contribution in [0.1, 0.15) is 17.7 Å². The lowest BCUT2D eigenvalue weighted by molar-refractivity contribution is -0.137. The molecule has 1 aliphatic heterocycles. The van der Waals surface area contributed by atoms with E-state index >= 15 is 0 Å². The normalized spacial score (nSPS) is 13.7. The van der Waals surface area contributed by atoms with E-state index in [1.165, 1.54) is 6.07 Å². The van der Waals surface area contributed by atoms with Crippen molar-refractivity contribution in [3.63, 3.8) is 0 Å². The summed E-state index contributed by atoms with van der Waals surface area (Å²) in [5.41, 5.74) is 0.324. The van der Waals surface area contributed by atoms with Gasteiger partial charge in [0.05, 0.1) is 24.2 Å². The van der Waals surface area contributed by atoms with Crippen LogP contribution in [-0.2, 0) is 19.1 Å². The van der Waals surface area contributed by atoms with Crippen molar-refractivity contribution in [1.29, 1.82) is 0 Å². The van der Waals surface area contributed by atoms with E-state index in [0.29, 0.717) is 49.6 Å². The average Bonchev–Trinajstić information content (AvgIpc) is 2.96. The molecule has 4 rings (SSSR count). The van der Waals surface area contributed by atoms with Crippen LogP contribution in [0, 0.1) is 0 Å². The van der Waals surface area contributed by atoms with Gasteiger partial charge in [-0.15, -0.1) is 0 Å². The molecule has 0 N–H and O–H groups in total. The largest absolute Gasteiger partial charge is 0.494 e. The lowest BCUT2D eigenvalue weighted by atomic mass is 10.1. The quantitative estimate of drug-likeness (QED) is 0.593. The molecule has 0 aliphatic carbocycles. The number of halogens is 3. The Morgan fingerprint density at radius 1 is 1.04 bits per heavy atom. The molecule has 3 nitrogen and oxygen atoms in total. The number of hydrogen-bond donors (Lipinski definition) is 0. The van der Waals surface area contributed by atoms with Crippen molar-refractivity contribution in [2.24, 2.45) is 0 Å². The molecule has 0 unspecified atom stereocenters. The highest BCUT2D eigenvalue weighted by molar-refractivity contribution is 5.91. The first-order valence-electron chi connectivity index (χ1n) is 8.57. The van der Waals surface area contributed by atoms with Gasteiger partial charge >= 0.3 is 6.18 Å². The van der Waals surface area contributed by atoms with Crippen molar-refractivity contribution in [3.05, 3.63) is 59.8 Å². The Balaban J connectivity index is 1.63. The molecule has 1 aromatic heterocycles. The summed E-state index contributed by atoms with van der Waals surface area (Å²) in [4.78, 5) is 0. The van der Waals surface area contributed by atoms with Crippen LogP contribution in [0.15, 0.2) is 48.5 Å². The van der Waals surface area contributed by atoms with Crippen molar-refractivity contribution in [1.82, 2.24) is 4.57 Å². The molecule has 2 aromatic carbocycles. The highest BCUT2D eigenvalue weighted by Gasteiger charge is 2.39. The minimum Gasteiger partial charge on any atom is -0.494 e. The number of ether oxygens (including phenoxy) is 2. The third-order valence-electron chi connectivity index (χ3n) is 4.58. The molecular formula is C20H18F3NO2. The molecule has 6 heteroatoms. The number of para-hydroxylation sites is 2. The Labute approximate surface area is 148 Å². The van der Waals surface area contributed by atoms with Crippen molar-refractivity contribution in [3.8, 4) is 11.5 Å². The van der Waals surface area contributed by atoms with Crippen LogP contribution >= 0.6 is 0 Å². The number of rotatable bonds is 5. The van der Waals surface area contributed by atoms with Gasteiger partial charge in [-0.1, -0.05) is 30.3 Å². The monoisotopic (exact) mass is 361 g/mol. The summed E-state index contributed by atoms with van der Waals surface area (Å²) in [5.74, 6) is 1.24. The van der Waals surface area contributed by atoms with E-state index in [0.717, 1.165) is 5.75 Å². The van der Waals surface area contributed by atoms with Gasteiger partial charge in [0.15, 0.2) is 0 Å². The van der Waals surface area contributed by atoms with Gasteiger partial charge in [-0.2, -0.15) is 13.2 Å². The Morgan fingerprint density at radius 3 is 2.62 bits per heavy atom. The summed E-state index contributed by atoms with van der Waals surface area (Å²) >= 11 is 0. The molecule has 0 amide bonds. The highest BCUT2D eigenvalue weighted by atomic mass is 19.4. The van der Waals surface area contributed by atoms with Gasteiger partial charge in [0.25, 0.3) is 0 Å². The van der Waals surface area contributed by atoms with E-state index in [2.05, 4.69) is 0 Å². The van der Waals surface area contributed by atoms with Gasteiger partial charge in [0.2, 0.25) is 0 Å². The summed E-state index contributed by atoms with van der Waals surface area (Å²) in [7, 11) is 0. The van der Waals surface area contributed by atoms with Crippen LogP contribution in [0.4, 0.5) is 13.2 Å². The molecular weight excluding hydrogens is 343 g/mol. The zero-order valence-electron chi connectivity index (χ0n) is 14.1. The van der Waals surface area contributed by atoms with Gasteiger partial charge in [-0.05, 0) is 31.0 Å². The molecule has 3 aromatic rings. The molecule has 0 bridgehead atoms. The van der Waals surface area contributed by atoms with E-state index in [4.69, 9.17) is 9.47 Å². The van der Waals surface area contributed by atoms with Crippen LogP contribution in [0.5, 0.6) is 11.5 Å². The second-order valence-electron chi connectivity index (χ2n) is 6.24. The van der Waals surface area contributed by atoms with E-state index in [-0.39, 0.29) is 5.39 Å². The second kappa shape index (κ2) is 6.59. The summed E-state index contributed by atoms with van der Waals surface area (Å²) in [6, 6.07) is 14.1. The zero-order valence-corrected chi connectivity index (χ0v) is 14.1. The molecule has 0 atom stereocenters. The number of benzene rings is 2. The van der Waals surface area contributed by atoms with Gasteiger partial charge in [0.1, 0.15) is 18.1 Å². The van der Waals surface area contributed by atoms with Crippen LogP contribution < -0.4 is 9.47 Å². The molecule has 0 fully saturated rings. The van der Waals surface area contributed by atoms with E-state index in [9.17, 15) is 13.2 Å². The van der Waals surface area contributed by atoms with Crippen molar-refractivity contribution in [2.75, 3.05) is 13.2 Å². The smallest absolute Gasteiger partial charge is 0.418 e. The first-order valence-corrected chi connectivity index (χ1v) is 8.57. The van der Waals surface area contributed by atoms with Crippen LogP contribution in [-0.4, -0.2) is 17.8 Å². The highest BCUT2D eigenvalue weighted by Crippen LogP contribution is 2.43. The van der Waals surface area contributed by atoms with E-state index < -0.39 is 11.7 Å². The molecule has 0 radical (unpaired) electrons. The fourth-order valence-corrected chi connectivity index (χ4v) is 3.56.